The fourth-order valence-corrected chi connectivity index (χ4v) is 3.60. The summed E-state index contributed by atoms with van der Waals surface area (Å²) in [4.78, 5) is 19.1. The smallest absolute Gasteiger partial charge is 0.276 e. The van der Waals surface area contributed by atoms with Crippen LogP contribution in [-0.2, 0) is 19.7 Å². The summed E-state index contributed by atoms with van der Waals surface area (Å²) in [5.41, 5.74) is 4.24. The van der Waals surface area contributed by atoms with Crippen molar-refractivity contribution in [2.75, 3.05) is 10.2 Å². The molecule has 0 spiro atoms. The zero-order valence-electron chi connectivity index (χ0n) is 15.9. The highest BCUT2D eigenvalue weighted by molar-refractivity contribution is 6.03. The van der Waals surface area contributed by atoms with Crippen LogP contribution >= 0.6 is 0 Å². The Balaban J connectivity index is 1.41. The van der Waals surface area contributed by atoms with Crippen LogP contribution in [0, 0.1) is 5.82 Å². The van der Waals surface area contributed by atoms with Crippen LogP contribution in [0.3, 0.4) is 0 Å². The molecule has 0 fully saturated rings. The maximum absolute atomic E-state index is 13.5. The topological polar surface area (TPSA) is 82.8 Å². The van der Waals surface area contributed by atoms with Crippen LogP contribution < -0.4 is 10.2 Å². The number of carbonyl (C=O) groups is 1. The van der Waals surface area contributed by atoms with E-state index in [2.05, 4.69) is 15.4 Å². The summed E-state index contributed by atoms with van der Waals surface area (Å²) in [6.07, 6.45) is 1.48. The van der Waals surface area contributed by atoms with Crippen LogP contribution in [0.1, 0.15) is 27.2 Å². The van der Waals surface area contributed by atoms with Gasteiger partial charge in [-0.15, -0.1) is 5.10 Å². The number of nitrogens with one attached hydrogen (secondary N) is 1. The predicted molar refractivity (Wildman–Crippen MR) is 110 cm³/mol. The van der Waals surface area contributed by atoms with Crippen molar-refractivity contribution in [1.82, 2.24) is 14.6 Å². The lowest BCUT2D eigenvalue weighted by Gasteiger charge is -2.16. The maximum Gasteiger partial charge on any atom is 0.276 e. The average molecular weight is 403 g/mol. The van der Waals surface area contributed by atoms with Gasteiger partial charge in [0.2, 0.25) is 0 Å². The van der Waals surface area contributed by atoms with Gasteiger partial charge in [-0.2, -0.15) is 0 Å². The lowest BCUT2D eigenvalue weighted by Crippen LogP contribution is -2.19. The number of hydrogen-bond acceptors (Lipinski definition) is 5. The Labute approximate surface area is 171 Å². The summed E-state index contributed by atoms with van der Waals surface area (Å²) in [5, 5.41) is 16.6. The molecule has 7 nitrogen and oxygen atoms in total. The van der Waals surface area contributed by atoms with Crippen LogP contribution in [0.5, 0.6) is 0 Å². The van der Waals surface area contributed by atoms with Gasteiger partial charge in [-0.3, -0.25) is 4.79 Å². The van der Waals surface area contributed by atoms with Gasteiger partial charge in [-0.25, -0.2) is 13.9 Å². The van der Waals surface area contributed by atoms with Gasteiger partial charge in [0.05, 0.1) is 12.8 Å². The van der Waals surface area contributed by atoms with Gasteiger partial charge in [0.25, 0.3) is 5.91 Å². The molecule has 8 heteroatoms. The summed E-state index contributed by atoms with van der Waals surface area (Å²) >= 11 is 0. The Kier molecular flexibility index (Phi) is 4.40. The first-order valence-electron chi connectivity index (χ1n) is 9.49. The SMILES string of the molecule is O=C(Nc1ccc(CO)cc1)c1cnc2ccc(N3Cc4ccc(F)cc4C3)nn12. The van der Waals surface area contributed by atoms with E-state index in [9.17, 15) is 9.18 Å². The van der Waals surface area contributed by atoms with E-state index in [1.807, 2.05) is 11.0 Å². The Hall–Kier alpha value is -3.78. The maximum atomic E-state index is 13.5. The fourth-order valence-electron chi connectivity index (χ4n) is 3.60. The molecule has 2 N–H and O–H groups in total. The fraction of sp³-hybridized carbons (Fsp3) is 0.136. The van der Waals surface area contributed by atoms with Crippen LogP contribution in [0.4, 0.5) is 15.9 Å². The zero-order chi connectivity index (χ0) is 20.7. The number of aliphatic hydroxyl groups excluding tert-OH is 1. The van der Waals surface area contributed by atoms with Crippen molar-refractivity contribution in [1.29, 1.82) is 0 Å². The van der Waals surface area contributed by atoms with Crippen molar-refractivity contribution < 1.29 is 14.3 Å². The number of carbonyl (C=O) groups excluding carboxylic acids is 1. The third-order valence-electron chi connectivity index (χ3n) is 5.19. The number of halogens is 1. The van der Waals surface area contributed by atoms with E-state index in [1.54, 1.807) is 42.5 Å². The molecule has 0 bridgehead atoms. The molecule has 150 valence electrons. The Morgan fingerprint density at radius 2 is 1.87 bits per heavy atom. The monoisotopic (exact) mass is 403 g/mol. The molecule has 5 rings (SSSR count). The number of aliphatic hydroxyl groups is 1. The molecule has 0 saturated carbocycles. The number of amides is 1. The van der Waals surface area contributed by atoms with Gasteiger partial charge >= 0.3 is 0 Å². The highest BCUT2D eigenvalue weighted by Gasteiger charge is 2.22. The van der Waals surface area contributed by atoms with E-state index < -0.39 is 0 Å². The lowest BCUT2D eigenvalue weighted by atomic mass is 10.1. The van der Waals surface area contributed by atoms with Gasteiger partial charge in [-0.1, -0.05) is 18.2 Å². The number of imidazole rings is 1. The Bertz CT molecular complexity index is 1250. The number of hydrogen-bond donors (Lipinski definition) is 2. The molecule has 30 heavy (non-hydrogen) atoms. The van der Waals surface area contributed by atoms with Crippen molar-refractivity contribution in [3.8, 4) is 0 Å². The second-order valence-corrected chi connectivity index (χ2v) is 7.18. The molecule has 0 atom stereocenters. The number of rotatable bonds is 4. The molecule has 0 saturated heterocycles. The molecular weight excluding hydrogens is 385 g/mol. The normalized spacial score (nSPS) is 12.9. The summed E-state index contributed by atoms with van der Waals surface area (Å²) in [7, 11) is 0. The van der Waals surface area contributed by atoms with Crippen LogP contribution in [0.15, 0.2) is 60.8 Å². The summed E-state index contributed by atoms with van der Waals surface area (Å²) in [6.45, 7) is 1.13. The first-order valence-corrected chi connectivity index (χ1v) is 9.49. The Morgan fingerprint density at radius 1 is 1.07 bits per heavy atom. The van der Waals surface area contributed by atoms with E-state index in [1.165, 1.54) is 16.8 Å². The molecule has 0 radical (unpaired) electrons. The molecule has 1 aliphatic rings. The van der Waals surface area contributed by atoms with Gasteiger partial charge in [0, 0.05) is 18.8 Å². The average Bonchev–Trinajstić information content (AvgIpc) is 3.37. The molecule has 0 aliphatic carbocycles. The molecule has 3 heterocycles. The highest BCUT2D eigenvalue weighted by Crippen LogP contribution is 2.27. The summed E-state index contributed by atoms with van der Waals surface area (Å²) in [5.74, 6) is 0.0914. The molecule has 2 aromatic carbocycles. The summed E-state index contributed by atoms with van der Waals surface area (Å²) in [6, 6.07) is 15.4. The van der Waals surface area contributed by atoms with Crippen molar-refractivity contribution in [2.45, 2.75) is 19.7 Å². The van der Waals surface area contributed by atoms with Crippen molar-refractivity contribution in [3.05, 3.63) is 89.0 Å². The molecule has 4 aromatic rings. The Morgan fingerprint density at radius 3 is 2.67 bits per heavy atom. The van der Waals surface area contributed by atoms with Crippen LogP contribution in [-0.4, -0.2) is 25.6 Å². The van der Waals surface area contributed by atoms with Crippen LogP contribution in [0.25, 0.3) is 5.65 Å². The summed E-state index contributed by atoms with van der Waals surface area (Å²) < 4.78 is 15.0. The minimum atomic E-state index is -0.337. The molecule has 1 aliphatic heterocycles. The number of fused-ring (bicyclic) bond motifs is 2. The number of nitrogens with zero attached hydrogens (tertiary/aromatic N) is 4. The van der Waals surface area contributed by atoms with E-state index in [0.29, 0.717) is 35.9 Å². The number of anilines is 2. The quantitative estimate of drug-likeness (QED) is 0.547. The van der Waals surface area contributed by atoms with E-state index in [0.717, 1.165) is 16.7 Å². The third-order valence-corrected chi connectivity index (χ3v) is 5.19. The van der Waals surface area contributed by atoms with Gasteiger partial charge in [0.15, 0.2) is 11.3 Å². The predicted octanol–water partition coefficient (Wildman–Crippen LogP) is 3.13. The number of aromatic nitrogens is 3. The standard InChI is InChI=1S/C22H18FN5O2/c23-17-4-3-15-11-27(12-16(15)9-17)21-8-7-20-24-10-19(28(20)26-21)22(30)25-18-5-1-14(13-29)2-6-18/h1-10,29H,11-13H2,(H,25,30). The minimum Gasteiger partial charge on any atom is -0.392 e. The first-order chi connectivity index (χ1) is 14.6. The third kappa shape index (κ3) is 3.27. The number of benzene rings is 2. The highest BCUT2D eigenvalue weighted by atomic mass is 19.1. The van der Waals surface area contributed by atoms with Crippen molar-refractivity contribution in [3.63, 3.8) is 0 Å². The molecule has 0 unspecified atom stereocenters. The van der Waals surface area contributed by atoms with Gasteiger partial charge in [-0.05, 0) is 53.1 Å². The largest absolute Gasteiger partial charge is 0.392 e. The second-order valence-electron chi connectivity index (χ2n) is 7.18. The van der Waals surface area contributed by atoms with E-state index >= 15 is 0 Å². The van der Waals surface area contributed by atoms with Crippen molar-refractivity contribution in [2.24, 2.45) is 0 Å². The zero-order valence-corrected chi connectivity index (χ0v) is 15.9. The van der Waals surface area contributed by atoms with Gasteiger partial charge < -0.3 is 15.3 Å². The van der Waals surface area contributed by atoms with E-state index in [4.69, 9.17) is 5.11 Å². The van der Waals surface area contributed by atoms with E-state index in [-0.39, 0.29) is 18.3 Å². The minimum absolute atomic E-state index is 0.0544. The molecule has 1 amide bonds. The van der Waals surface area contributed by atoms with Gasteiger partial charge in [0.1, 0.15) is 11.6 Å². The molecule has 2 aromatic heterocycles. The lowest BCUT2D eigenvalue weighted by molar-refractivity contribution is 0.102. The van der Waals surface area contributed by atoms with Crippen LogP contribution in [0.2, 0.25) is 0 Å². The molecular formula is C22H18FN5O2. The first kappa shape index (κ1) is 18.3. The second kappa shape index (κ2) is 7.23. The van der Waals surface area contributed by atoms with Crippen molar-refractivity contribution >= 4 is 23.1 Å².